The minimum absolute atomic E-state index is 0.144. The molecule has 1 aliphatic rings. The van der Waals surface area contributed by atoms with Crippen molar-refractivity contribution in [2.75, 3.05) is 0 Å². The Balaban J connectivity index is 2.95. The number of nitriles is 1. The Labute approximate surface area is 65.8 Å². The van der Waals surface area contributed by atoms with Gasteiger partial charge in [-0.1, -0.05) is 18.6 Å². The lowest BCUT2D eigenvalue weighted by Gasteiger charge is -2.19. The van der Waals surface area contributed by atoms with Crippen LogP contribution < -0.4 is 0 Å². The molecular formula is C9H10FN. The van der Waals surface area contributed by atoms with Gasteiger partial charge in [0.05, 0.1) is 11.6 Å². The van der Waals surface area contributed by atoms with Gasteiger partial charge in [-0.15, -0.1) is 0 Å². The third-order valence-corrected chi connectivity index (χ3v) is 2.11. The van der Waals surface area contributed by atoms with Gasteiger partial charge in [0.25, 0.3) is 0 Å². The molecule has 0 amide bonds. The quantitative estimate of drug-likeness (QED) is 0.521. The summed E-state index contributed by atoms with van der Waals surface area (Å²) in [5, 5.41) is 8.48. The molecule has 1 rings (SSSR count). The Morgan fingerprint density at radius 2 is 2.18 bits per heavy atom. The molecular weight excluding hydrogens is 141 g/mol. The van der Waals surface area contributed by atoms with Gasteiger partial charge in [0, 0.05) is 5.92 Å². The van der Waals surface area contributed by atoms with Crippen LogP contribution >= 0.6 is 0 Å². The first-order valence-electron chi connectivity index (χ1n) is 3.59. The Bertz CT molecular complexity index is 257. The lowest BCUT2D eigenvalue weighted by atomic mass is 9.88. The van der Waals surface area contributed by atoms with Crippen LogP contribution in [0.5, 0.6) is 0 Å². The second-order valence-electron chi connectivity index (χ2n) is 2.83. The van der Waals surface area contributed by atoms with Gasteiger partial charge in [-0.05, 0) is 13.0 Å². The van der Waals surface area contributed by atoms with Gasteiger partial charge in [0.2, 0.25) is 0 Å². The van der Waals surface area contributed by atoms with Crippen molar-refractivity contribution in [1.29, 1.82) is 5.26 Å². The zero-order valence-electron chi connectivity index (χ0n) is 6.63. The number of nitrogens with zero attached hydrogens (tertiary/aromatic N) is 1. The molecule has 0 radical (unpaired) electrons. The van der Waals surface area contributed by atoms with Gasteiger partial charge in [-0.3, -0.25) is 0 Å². The molecule has 0 saturated heterocycles. The summed E-state index contributed by atoms with van der Waals surface area (Å²) in [4.78, 5) is 0. The Morgan fingerprint density at radius 1 is 1.55 bits per heavy atom. The molecule has 2 unspecified atom stereocenters. The molecule has 0 spiro atoms. The minimum Gasteiger partial charge on any atom is -0.241 e. The first kappa shape index (κ1) is 8.00. The SMILES string of the molecule is CC1=CC=C(C#N)C(F)C1C. The Morgan fingerprint density at radius 3 is 2.73 bits per heavy atom. The van der Waals surface area contributed by atoms with Crippen molar-refractivity contribution in [3.8, 4) is 6.07 Å². The topological polar surface area (TPSA) is 23.8 Å². The van der Waals surface area contributed by atoms with Crippen LogP contribution in [0.25, 0.3) is 0 Å². The molecule has 58 valence electrons. The highest BCUT2D eigenvalue weighted by Gasteiger charge is 2.24. The number of alkyl halides is 1. The van der Waals surface area contributed by atoms with E-state index in [1.807, 2.05) is 13.0 Å². The smallest absolute Gasteiger partial charge is 0.141 e. The molecule has 0 heterocycles. The van der Waals surface area contributed by atoms with Gasteiger partial charge >= 0.3 is 0 Å². The molecule has 0 bridgehead atoms. The minimum atomic E-state index is -1.11. The summed E-state index contributed by atoms with van der Waals surface area (Å²) < 4.78 is 13.2. The molecule has 0 N–H and O–H groups in total. The van der Waals surface area contributed by atoms with Crippen molar-refractivity contribution in [3.63, 3.8) is 0 Å². The summed E-state index contributed by atoms with van der Waals surface area (Å²) in [5.74, 6) is -0.144. The number of hydrogen-bond acceptors (Lipinski definition) is 1. The second-order valence-corrected chi connectivity index (χ2v) is 2.83. The third-order valence-electron chi connectivity index (χ3n) is 2.11. The fourth-order valence-electron chi connectivity index (χ4n) is 1.06. The largest absolute Gasteiger partial charge is 0.241 e. The summed E-state index contributed by atoms with van der Waals surface area (Å²) in [5.41, 5.74) is 1.24. The second kappa shape index (κ2) is 2.87. The molecule has 2 heteroatoms. The maximum atomic E-state index is 13.2. The van der Waals surface area contributed by atoms with Crippen LogP contribution in [-0.2, 0) is 0 Å². The Hall–Kier alpha value is -1.10. The van der Waals surface area contributed by atoms with Crippen LogP contribution in [0.2, 0.25) is 0 Å². The van der Waals surface area contributed by atoms with E-state index in [9.17, 15) is 4.39 Å². The van der Waals surface area contributed by atoms with Crippen LogP contribution in [0.4, 0.5) is 4.39 Å². The fourth-order valence-corrected chi connectivity index (χ4v) is 1.06. The number of rotatable bonds is 0. The van der Waals surface area contributed by atoms with Crippen LogP contribution in [0.15, 0.2) is 23.3 Å². The molecule has 0 aromatic heterocycles. The zero-order valence-corrected chi connectivity index (χ0v) is 6.63. The summed E-state index contributed by atoms with van der Waals surface area (Å²) in [7, 11) is 0. The summed E-state index contributed by atoms with van der Waals surface area (Å²) >= 11 is 0. The van der Waals surface area contributed by atoms with Crippen molar-refractivity contribution in [3.05, 3.63) is 23.3 Å². The van der Waals surface area contributed by atoms with Crippen molar-refractivity contribution < 1.29 is 4.39 Å². The summed E-state index contributed by atoms with van der Waals surface area (Å²) in [6.45, 7) is 3.67. The highest BCUT2D eigenvalue weighted by Crippen LogP contribution is 2.26. The summed E-state index contributed by atoms with van der Waals surface area (Å²) in [6.07, 6.45) is 2.25. The van der Waals surface area contributed by atoms with E-state index in [0.717, 1.165) is 5.57 Å². The molecule has 0 saturated carbocycles. The number of halogens is 1. The molecule has 0 aromatic carbocycles. The van der Waals surface area contributed by atoms with Crippen LogP contribution in [-0.4, -0.2) is 6.17 Å². The first-order valence-corrected chi connectivity index (χ1v) is 3.59. The molecule has 1 nitrogen and oxygen atoms in total. The zero-order chi connectivity index (χ0) is 8.43. The molecule has 0 aromatic rings. The third kappa shape index (κ3) is 1.32. The molecule has 11 heavy (non-hydrogen) atoms. The van der Waals surface area contributed by atoms with Gasteiger partial charge < -0.3 is 0 Å². The van der Waals surface area contributed by atoms with Crippen molar-refractivity contribution in [2.45, 2.75) is 20.0 Å². The van der Waals surface area contributed by atoms with E-state index in [-0.39, 0.29) is 11.5 Å². The highest BCUT2D eigenvalue weighted by molar-refractivity contribution is 5.37. The molecule has 0 fully saturated rings. The van der Waals surface area contributed by atoms with Gasteiger partial charge in [0.1, 0.15) is 6.17 Å². The maximum Gasteiger partial charge on any atom is 0.141 e. The van der Waals surface area contributed by atoms with Gasteiger partial charge in [-0.2, -0.15) is 5.26 Å². The molecule has 0 aliphatic heterocycles. The number of allylic oxidation sites excluding steroid dienone is 4. The van der Waals surface area contributed by atoms with E-state index in [1.54, 1.807) is 19.1 Å². The lowest BCUT2D eigenvalue weighted by molar-refractivity contribution is 0.313. The first-order chi connectivity index (χ1) is 5.16. The highest BCUT2D eigenvalue weighted by atomic mass is 19.1. The van der Waals surface area contributed by atoms with E-state index in [0.29, 0.717) is 0 Å². The van der Waals surface area contributed by atoms with Crippen LogP contribution in [0.1, 0.15) is 13.8 Å². The monoisotopic (exact) mass is 151 g/mol. The standard InChI is InChI=1S/C9H10FN/c1-6-3-4-8(5-11)9(10)7(6)2/h3-4,7,9H,1-2H3. The van der Waals surface area contributed by atoms with Crippen LogP contribution in [0, 0.1) is 17.2 Å². The average Bonchev–Trinajstić information content (AvgIpc) is 2.01. The van der Waals surface area contributed by atoms with E-state index < -0.39 is 6.17 Å². The van der Waals surface area contributed by atoms with Crippen LogP contribution in [0.3, 0.4) is 0 Å². The predicted molar refractivity (Wildman–Crippen MR) is 41.5 cm³/mol. The van der Waals surface area contributed by atoms with Crippen molar-refractivity contribution in [2.24, 2.45) is 5.92 Å². The van der Waals surface area contributed by atoms with Gasteiger partial charge in [0.15, 0.2) is 0 Å². The normalized spacial score (nSPS) is 30.4. The molecule has 1 aliphatic carbocycles. The fraction of sp³-hybridized carbons (Fsp3) is 0.444. The van der Waals surface area contributed by atoms with Crippen molar-refractivity contribution >= 4 is 0 Å². The Kier molecular flexibility index (Phi) is 2.09. The summed E-state index contributed by atoms with van der Waals surface area (Å²) in [6, 6.07) is 1.85. The van der Waals surface area contributed by atoms with Crippen molar-refractivity contribution in [1.82, 2.24) is 0 Å². The van der Waals surface area contributed by atoms with E-state index >= 15 is 0 Å². The van der Waals surface area contributed by atoms with E-state index in [1.165, 1.54) is 0 Å². The number of hydrogen-bond donors (Lipinski definition) is 0. The van der Waals surface area contributed by atoms with E-state index in [4.69, 9.17) is 5.26 Å². The average molecular weight is 151 g/mol. The van der Waals surface area contributed by atoms with E-state index in [2.05, 4.69) is 0 Å². The van der Waals surface area contributed by atoms with Gasteiger partial charge in [-0.25, -0.2) is 4.39 Å². The maximum absolute atomic E-state index is 13.2. The molecule has 2 atom stereocenters. The lowest BCUT2D eigenvalue weighted by Crippen LogP contribution is -2.18. The predicted octanol–water partition coefficient (Wildman–Crippen LogP) is 2.37.